The van der Waals surface area contributed by atoms with Crippen LogP contribution in [-0.2, 0) is 16.8 Å². The molecule has 18 heavy (non-hydrogen) atoms. The first-order chi connectivity index (χ1) is 8.14. The van der Waals surface area contributed by atoms with E-state index in [4.69, 9.17) is 5.11 Å². The van der Waals surface area contributed by atoms with Crippen molar-refractivity contribution in [3.63, 3.8) is 0 Å². The lowest BCUT2D eigenvalue weighted by atomic mass is 10.0. The topological polar surface area (TPSA) is 75.1 Å². The highest BCUT2D eigenvalue weighted by molar-refractivity contribution is 5.67. The number of hydrogen-bond acceptors (Lipinski definition) is 2. The molecule has 1 aromatic rings. The van der Waals surface area contributed by atoms with E-state index in [0.717, 1.165) is 5.69 Å². The van der Waals surface area contributed by atoms with Crippen molar-refractivity contribution >= 4 is 5.97 Å². The molecule has 0 saturated heterocycles. The Morgan fingerprint density at radius 3 is 2.33 bits per heavy atom. The number of carboxylic acids is 1. The number of aromatic nitrogens is 2. The van der Waals surface area contributed by atoms with Crippen LogP contribution in [0.25, 0.3) is 0 Å². The molecule has 0 saturated carbocycles. The van der Waals surface area contributed by atoms with Gasteiger partial charge in [-0.15, -0.1) is 0 Å². The van der Waals surface area contributed by atoms with Crippen molar-refractivity contribution in [2.45, 2.75) is 58.9 Å². The van der Waals surface area contributed by atoms with Crippen LogP contribution >= 0.6 is 0 Å². The van der Waals surface area contributed by atoms with Gasteiger partial charge in [0.1, 0.15) is 0 Å². The third-order valence-corrected chi connectivity index (χ3v) is 2.86. The number of carboxylic acid groups (broad SMARTS) is 1. The van der Waals surface area contributed by atoms with Crippen LogP contribution in [0.1, 0.15) is 58.2 Å². The van der Waals surface area contributed by atoms with Crippen LogP contribution in [0.3, 0.4) is 0 Å². The smallest absolute Gasteiger partial charge is 0.303 e. The summed E-state index contributed by atoms with van der Waals surface area (Å²) in [5, 5.41) is 11.9. The maximum absolute atomic E-state index is 12.3. The summed E-state index contributed by atoms with van der Waals surface area (Å²) in [7, 11) is 0. The Morgan fingerprint density at radius 1 is 1.39 bits per heavy atom. The first-order valence-corrected chi connectivity index (χ1v) is 6.20. The Kier molecular flexibility index (Phi) is 4.04. The number of H-pyrrole nitrogens is 1. The van der Waals surface area contributed by atoms with E-state index in [1.807, 2.05) is 34.6 Å². The molecule has 0 aliphatic carbocycles. The third kappa shape index (κ3) is 3.03. The van der Waals surface area contributed by atoms with Crippen LogP contribution in [0.4, 0.5) is 0 Å². The Balaban J connectivity index is 3.26. The number of aromatic amines is 1. The second-order valence-corrected chi connectivity index (χ2v) is 5.86. The fourth-order valence-electron chi connectivity index (χ4n) is 1.91. The average Bonchev–Trinajstić information content (AvgIpc) is 2.52. The van der Waals surface area contributed by atoms with E-state index in [9.17, 15) is 9.59 Å². The van der Waals surface area contributed by atoms with E-state index < -0.39 is 5.97 Å². The molecule has 1 aromatic heterocycles. The van der Waals surface area contributed by atoms with Crippen molar-refractivity contribution < 1.29 is 9.90 Å². The lowest BCUT2D eigenvalue weighted by molar-refractivity contribution is -0.136. The number of rotatable bonds is 4. The molecule has 0 fully saturated rings. The minimum atomic E-state index is -0.882. The minimum absolute atomic E-state index is 0.0169. The minimum Gasteiger partial charge on any atom is -0.481 e. The van der Waals surface area contributed by atoms with E-state index in [1.54, 1.807) is 4.68 Å². The molecule has 0 amide bonds. The second-order valence-electron chi connectivity index (χ2n) is 5.86. The van der Waals surface area contributed by atoms with Gasteiger partial charge in [0.25, 0.3) is 5.56 Å². The summed E-state index contributed by atoms with van der Waals surface area (Å²) >= 11 is 0. The van der Waals surface area contributed by atoms with Crippen LogP contribution in [0, 0.1) is 0 Å². The molecule has 0 aliphatic rings. The van der Waals surface area contributed by atoms with Gasteiger partial charge in [-0.05, 0) is 33.1 Å². The van der Waals surface area contributed by atoms with E-state index in [-0.39, 0.29) is 29.9 Å². The van der Waals surface area contributed by atoms with E-state index in [0.29, 0.717) is 5.56 Å². The molecular weight excluding hydrogens is 232 g/mol. The van der Waals surface area contributed by atoms with Gasteiger partial charge in [0.2, 0.25) is 0 Å². The quantitative estimate of drug-likeness (QED) is 0.863. The molecule has 0 aromatic carbocycles. The van der Waals surface area contributed by atoms with Gasteiger partial charge in [0.05, 0.1) is 5.54 Å². The predicted molar refractivity (Wildman–Crippen MR) is 70.1 cm³/mol. The highest BCUT2D eigenvalue weighted by atomic mass is 16.4. The lowest BCUT2D eigenvalue weighted by Crippen LogP contribution is -2.33. The molecule has 102 valence electrons. The fourth-order valence-corrected chi connectivity index (χ4v) is 1.91. The molecule has 5 nitrogen and oxygen atoms in total. The summed E-state index contributed by atoms with van der Waals surface area (Å²) in [6.45, 7) is 9.80. The Bertz CT molecular complexity index is 489. The first kappa shape index (κ1) is 14.5. The van der Waals surface area contributed by atoms with E-state index >= 15 is 0 Å². The standard InChI is InChI=1S/C13H22N2O3/c1-8(2)11-9(6-7-10(16)17)12(18)15(14-11)13(3,4)5/h8,14H,6-7H2,1-5H3,(H,16,17). The monoisotopic (exact) mass is 254 g/mol. The Hall–Kier alpha value is -1.52. The zero-order chi connectivity index (χ0) is 14.1. The average molecular weight is 254 g/mol. The maximum Gasteiger partial charge on any atom is 0.303 e. The van der Waals surface area contributed by atoms with Crippen LogP contribution < -0.4 is 5.56 Å². The first-order valence-electron chi connectivity index (χ1n) is 6.20. The number of nitrogens with zero attached hydrogens (tertiary/aromatic N) is 1. The molecule has 0 unspecified atom stereocenters. The molecule has 0 atom stereocenters. The summed E-state index contributed by atoms with van der Waals surface area (Å²) in [6, 6.07) is 0. The molecule has 0 spiro atoms. The highest BCUT2D eigenvalue weighted by Gasteiger charge is 2.23. The summed E-state index contributed by atoms with van der Waals surface area (Å²) in [4.78, 5) is 22.9. The molecule has 1 heterocycles. The number of hydrogen-bond donors (Lipinski definition) is 2. The normalized spacial score (nSPS) is 12.1. The fraction of sp³-hybridized carbons (Fsp3) is 0.692. The number of carbonyl (C=O) groups is 1. The largest absolute Gasteiger partial charge is 0.481 e. The molecule has 0 aliphatic heterocycles. The predicted octanol–water partition coefficient (Wildman–Crippen LogP) is 2.07. The summed E-state index contributed by atoms with van der Waals surface area (Å²) in [6.07, 6.45) is 0.262. The summed E-state index contributed by atoms with van der Waals surface area (Å²) < 4.78 is 1.58. The maximum atomic E-state index is 12.3. The van der Waals surface area contributed by atoms with Crippen molar-refractivity contribution in [1.82, 2.24) is 9.78 Å². The van der Waals surface area contributed by atoms with E-state index in [1.165, 1.54) is 0 Å². The van der Waals surface area contributed by atoms with Gasteiger partial charge < -0.3 is 5.11 Å². The van der Waals surface area contributed by atoms with Gasteiger partial charge in [0.15, 0.2) is 0 Å². The SMILES string of the molecule is CC(C)c1[nH]n(C(C)(C)C)c(=O)c1CCC(=O)O. The van der Waals surface area contributed by atoms with Crippen molar-refractivity contribution in [2.24, 2.45) is 0 Å². The molecule has 0 radical (unpaired) electrons. The van der Waals surface area contributed by atoms with Gasteiger partial charge in [-0.25, -0.2) is 4.68 Å². The third-order valence-electron chi connectivity index (χ3n) is 2.86. The van der Waals surface area contributed by atoms with Crippen molar-refractivity contribution in [3.05, 3.63) is 21.6 Å². The van der Waals surface area contributed by atoms with Gasteiger partial charge in [-0.1, -0.05) is 13.8 Å². The van der Waals surface area contributed by atoms with Crippen LogP contribution in [0.5, 0.6) is 0 Å². The summed E-state index contributed by atoms with van der Waals surface area (Å²) in [5.41, 5.74) is 1.01. The van der Waals surface area contributed by atoms with Crippen LogP contribution in [0.2, 0.25) is 0 Å². The van der Waals surface area contributed by atoms with Gasteiger partial charge in [-0.2, -0.15) is 0 Å². The van der Waals surface area contributed by atoms with Gasteiger partial charge >= 0.3 is 5.97 Å². The van der Waals surface area contributed by atoms with Gasteiger partial charge in [-0.3, -0.25) is 14.7 Å². The zero-order valence-electron chi connectivity index (χ0n) is 11.7. The molecule has 0 bridgehead atoms. The zero-order valence-corrected chi connectivity index (χ0v) is 11.7. The molecule has 1 rings (SSSR count). The summed E-state index contributed by atoms with van der Waals surface area (Å²) in [5.74, 6) is -0.710. The second kappa shape index (κ2) is 5.00. The van der Waals surface area contributed by atoms with Crippen LogP contribution in [-0.4, -0.2) is 20.9 Å². The van der Waals surface area contributed by atoms with E-state index in [2.05, 4.69) is 5.10 Å². The van der Waals surface area contributed by atoms with Gasteiger partial charge in [0, 0.05) is 17.7 Å². The van der Waals surface area contributed by atoms with Crippen LogP contribution in [0.15, 0.2) is 4.79 Å². The molecular formula is C13H22N2O3. The molecule has 5 heteroatoms. The molecule has 2 N–H and O–H groups in total. The van der Waals surface area contributed by atoms with Crippen molar-refractivity contribution in [2.75, 3.05) is 0 Å². The number of aliphatic carboxylic acids is 1. The lowest BCUT2D eigenvalue weighted by Gasteiger charge is -2.19. The Labute approximate surface area is 107 Å². The number of nitrogens with one attached hydrogen (secondary N) is 1. The van der Waals surface area contributed by atoms with Crippen molar-refractivity contribution in [1.29, 1.82) is 0 Å². The highest BCUT2D eigenvalue weighted by Crippen LogP contribution is 2.19. The Morgan fingerprint density at radius 2 is 1.94 bits per heavy atom. The van der Waals surface area contributed by atoms with Crippen molar-refractivity contribution in [3.8, 4) is 0 Å².